The van der Waals surface area contributed by atoms with Gasteiger partial charge in [-0.25, -0.2) is 0 Å². The molecular formula is C4H16ClN4P. The van der Waals surface area contributed by atoms with Gasteiger partial charge in [-0.1, -0.05) is 0 Å². The minimum absolute atomic E-state index is 1.66. The third-order valence-electron chi connectivity index (χ3n) is 1.58. The van der Waals surface area contributed by atoms with Crippen molar-refractivity contribution in [3.63, 3.8) is 0 Å². The summed E-state index contributed by atoms with van der Waals surface area (Å²) in [5, 5.41) is 0. The van der Waals surface area contributed by atoms with E-state index in [0.717, 1.165) is 0 Å². The Labute approximate surface area is 67.0 Å². The molecule has 0 amide bonds. The van der Waals surface area contributed by atoms with Gasteiger partial charge >= 0.3 is 66.3 Å². The Morgan fingerprint density at radius 1 is 1.00 bits per heavy atom. The summed E-state index contributed by atoms with van der Waals surface area (Å²) >= 11 is 6.00. The number of halogens is 1. The molecule has 0 heterocycles. The Bertz CT molecular complexity index is 115. The van der Waals surface area contributed by atoms with Gasteiger partial charge in [0.05, 0.1) is 0 Å². The van der Waals surface area contributed by atoms with E-state index in [2.05, 4.69) is 0 Å². The summed E-state index contributed by atoms with van der Waals surface area (Å²) in [6.45, 7) is -3.18. The summed E-state index contributed by atoms with van der Waals surface area (Å²) in [6.07, 6.45) is 0. The maximum absolute atomic E-state index is 6.00. The van der Waals surface area contributed by atoms with Gasteiger partial charge in [0.2, 0.25) is 0 Å². The average molecular weight is 187 g/mol. The molecule has 0 aliphatic carbocycles. The van der Waals surface area contributed by atoms with E-state index >= 15 is 0 Å². The van der Waals surface area contributed by atoms with Crippen LogP contribution in [0.5, 0.6) is 0 Å². The van der Waals surface area contributed by atoms with Crippen molar-refractivity contribution in [2.45, 2.75) is 0 Å². The maximum atomic E-state index is 6.00. The molecule has 0 saturated carbocycles. The number of rotatable bonds is 2. The Morgan fingerprint density at radius 3 is 1.20 bits per heavy atom. The van der Waals surface area contributed by atoms with Gasteiger partial charge < -0.3 is 0 Å². The molecule has 0 fully saturated rings. The van der Waals surface area contributed by atoms with Crippen LogP contribution >= 0.6 is 17.8 Å². The van der Waals surface area contributed by atoms with Gasteiger partial charge in [0.1, 0.15) is 0 Å². The first-order valence-corrected chi connectivity index (χ1v) is 6.06. The van der Waals surface area contributed by atoms with Crippen molar-refractivity contribution in [3.8, 4) is 0 Å². The Kier molecular flexibility index (Phi) is 2.70. The van der Waals surface area contributed by atoms with Gasteiger partial charge in [0.25, 0.3) is 0 Å². The van der Waals surface area contributed by atoms with E-state index in [9.17, 15) is 0 Å². The van der Waals surface area contributed by atoms with E-state index in [-0.39, 0.29) is 0 Å². The average Bonchev–Trinajstić information content (AvgIpc) is 1.63. The molecule has 0 aliphatic rings. The first-order chi connectivity index (χ1) is 4.17. The van der Waals surface area contributed by atoms with Crippen molar-refractivity contribution in [2.24, 2.45) is 11.0 Å². The zero-order valence-electron chi connectivity index (χ0n) is 6.87. The van der Waals surface area contributed by atoms with Crippen LogP contribution in [0.25, 0.3) is 0 Å². The topological polar surface area (TPSA) is 58.5 Å². The van der Waals surface area contributed by atoms with Crippen LogP contribution in [-0.4, -0.2) is 37.5 Å². The Morgan fingerprint density at radius 2 is 1.20 bits per heavy atom. The Balaban J connectivity index is 4.59. The number of nitrogens with zero attached hydrogens (tertiary/aromatic N) is 2. The molecule has 0 atom stereocenters. The molecule has 10 heavy (non-hydrogen) atoms. The molecule has 0 rings (SSSR count). The fourth-order valence-electron chi connectivity index (χ4n) is 0.358. The normalized spacial score (nSPS) is 17.5. The van der Waals surface area contributed by atoms with Gasteiger partial charge in [-0.2, -0.15) is 0 Å². The summed E-state index contributed by atoms with van der Waals surface area (Å²) in [7, 11) is 7.07. The number of nitrogens with two attached hydrogens (primary N) is 2. The summed E-state index contributed by atoms with van der Waals surface area (Å²) in [4.78, 5) is 0. The monoisotopic (exact) mass is 186 g/mol. The van der Waals surface area contributed by atoms with Gasteiger partial charge in [-0.3, -0.25) is 0 Å². The molecule has 0 aliphatic heterocycles. The second-order valence-electron chi connectivity index (χ2n) is 2.74. The zero-order valence-corrected chi connectivity index (χ0v) is 8.52. The molecule has 6 heteroatoms. The molecule has 0 unspecified atom stereocenters. The predicted octanol–water partition coefficient (Wildman–Crippen LogP) is 0.394. The van der Waals surface area contributed by atoms with Crippen molar-refractivity contribution >= 4 is 17.8 Å². The molecule has 0 bridgehead atoms. The van der Waals surface area contributed by atoms with Crippen LogP contribution in [0, 0.1) is 0 Å². The molecule has 0 aromatic heterocycles. The number of hydrogen-bond acceptors (Lipinski definition) is 4. The molecule has 0 radical (unpaired) electrons. The van der Waals surface area contributed by atoms with Crippen molar-refractivity contribution in [1.82, 2.24) is 9.34 Å². The van der Waals surface area contributed by atoms with Crippen LogP contribution < -0.4 is 11.0 Å². The van der Waals surface area contributed by atoms with E-state index in [1.165, 1.54) is 0 Å². The van der Waals surface area contributed by atoms with Crippen LogP contribution in [0.2, 0.25) is 0 Å². The van der Waals surface area contributed by atoms with Crippen LogP contribution in [0.4, 0.5) is 0 Å². The predicted molar refractivity (Wildman–Crippen MR) is 48.5 cm³/mol. The third-order valence-corrected chi connectivity index (χ3v) is 6.57. The van der Waals surface area contributed by atoms with Crippen molar-refractivity contribution in [2.75, 3.05) is 28.2 Å². The van der Waals surface area contributed by atoms with Gasteiger partial charge in [-0.15, -0.1) is 0 Å². The summed E-state index contributed by atoms with van der Waals surface area (Å²) in [6, 6.07) is 0. The fourth-order valence-corrected chi connectivity index (χ4v) is 1.07. The molecular weight excluding hydrogens is 170 g/mol. The summed E-state index contributed by atoms with van der Waals surface area (Å²) < 4.78 is 3.32. The van der Waals surface area contributed by atoms with Crippen LogP contribution in [0.15, 0.2) is 0 Å². The van der Waals surface area contributed by atoms with E-state index < -0.39 is 6.56 Å². The second-order valence-corrected chi connectivity index (χ2v) is 8.51. The van der Waals surface area contributed by atoms with E-state index in [1.54, 1.807) is 37.5 Å². The summed E-state index contributed by atoms with van der Waals surface area (Å²) in [5.41, 5.74) is 11.5. The second kappa shape index (κ2) is 2.55. The first kappa shape index (κ1) is 10.6. The van der Waals surface area contributed by atoms with Gasteiger partial charge in [0.15, 0.2) is 0 Å². The summed E-state index contributed by atoms with van der Waals surface area (Å²) in [5.74, 6) is 0. The molecule has 0 aromatic rings. The van der Waals surface area contributed by atoms with Crippen LogP contribution in [0.3, 0.4) is 0 Å². The molecule has 4 nitrogen and oxygen atoms in total. The van der Waals surface area contributed by atoms with Gasteiger partial charge in [-0.05, 0) is 0 Å². The fraction of sp³-hybridized carbons (Fsp3) is 1.00. The SMILES string of the molecule is CN(C)P(N)(N)(Cl)N(C)C. The van der Waals surface area contributed by atoms with Gasteiger partial charge in [0, 0.05) is 0 Å². The zero-order chi connectivity index (χ0) is 8.60. The van der Waals surface area contributed by atoms with Crippen LogP contribution in [-0.2, 0) is 0 Å². The quantitative estimate of drug-likeness (QED) is 0.613. The molecule has 0 saturated heterocycles. The molecule has 4 N–H and O–H groups in total. The van der Waals surface area contributed by atoms with E-state index in [4.69, 9.17) is 22.2 Å². The minimum atomic E-state index is -3.18. The first-order valence-electron chi connectivity index (χ1n) is 2.87. The molecule has 64 valence electrons. The van der Waals surface area contributed by atoms with E-state index in [1.807, 2.05) is 0 Å². The van der Waals surface area contributed by atoms with Crippen LogP contribution in [0.1, 0.15) is 0 Å². The third kappa shape index (κ3) is 1.78. The van der Waals surface area contributed by atoms with Crippen molar-refractivity contribution in [3.05, 3.63) is 0 Å². The van der Waals surface area contributed by atoms with Crippen molar-refractivity contribution in [1.29, 1.82) is 0 Å². The molecule has 0 aromatic carbocycles. The van der Waals surface area contributed by atoms with E-state index in [0.29, 0.717) is 0 Å². The standard InChI is InChI=1S/C4H16ClN4P/c1-8(2)10(5,6,7)9(3)4/h6-7H2,1-4H3. The van der Waals surface area contributed by atoms with Crippen molar-refractivity contribution < 1.29 is 0 Å². The molecule has 0 spiro atoms. The number of hydrogen-bond donors (Lipinski definition) is 2. The Hall–Kier alpha value is 0.560.